The fraction of sp³-hybridized carbons (Fsp3) is 0.471. The molecule has 3 rings (SSSR count). The molecule has 2 heterocycles. The third-order valence-electron chi connectivity index (χ3n) is 4.85. The van der Waals surface area contributed by atoms with Crippen LogP contribution in [0.1, 0.15) is 25.1 Å². The van der Waals surface area contributed by atoms with E-state index in [1.165, 1.54) is 6.92 Å². The number of halogens is 6. The van der Waals surface area contributed by atoms with E-state index in [0.717, 1.165) is 5.39 Å². The molecule has 148 valence electrons. The molecular formula is C17H16F6N2O2. The number of para-hydroxylation sites is 1. The Bertz CT molecular complexity index is 795. The molecule has 1 saturated heterocycles. The highest BCUT2D eigenvalue weighted by atomic mass is 19.4. The van der Waals surface area contributed by atoms with Crippen molar-refractivity contribution in [1.29, 1.82) is 0 Å². The van der Waals surface area contributed by atoms with Crippen LogP contribution in [0, 0.1) is 5.41 Å². The first-order valence-corrected chi connectivity index (χ1v) is 8.12. The summed E-state index contributed by atoms with van der Waals surface area (Å²) in [7, 11) is 0. The largest absolute Gasteiger partial charge is 0.459 e. The van der Waals surface area contributed by atoms with Crippen molar-refractivity contribution in [1.82, 2.24) is 10.2 Å². The SMILES string of the molecule is C[C@H](NC(=O)N1CCC(C(F)(F)F)(C(F)(F)F)C1)c1cc2ccccc2o1. The van der Waals surface area contributed by atoms with E-state index in [-0.39, 0.29) is 0 Å². The lowest BCUT2D eigenvalue weighted by atomic mass is 9.85. The molecule has 27 heavy (non-hydrogen) atoms. The molecule has 1 aromatic heterocycles. The summed E-state index contributed by atoms with van der Waals surface area (Å²) in [6.07, 6.45) is -12.2. The smallest absolute Gasteiger partial charge is 0.404 e. The van der Waals surface area contributed by atoms with Gasteiger partial charge in [-0.2, -0.15) is 26.3 Å². The zero-order chi connectivity index (χ0) is 20.0. The molecule has 0 radical (unpaired) electrons. The number of alkyl halides is 6. The molecule has 1 atom stereocenters. The Balaban J connectivity index is 1.73. The Morgan fingerprint density at radius 2 is 1.81 bits per heavy atom. The van der Waals surface area contributed by atoms with E-state index in [9.17, 15) is 31.1 Å². The molecule has 0 aliphatic carbocycles. The maximum atomic E-state index is 13.1. The number of fused-ring (bicyclic) bond motifs is 1. The van der Waals surface area contributed by atoms with Crippen molar-refractivity contribution in [2.75, 3.05) is 13.1 Å². The minimum Gasteiger partial charge on any atom is -0.459 e. The molecule has 1 fully saturated rings. The Morgan fingerprint density at radius 3 is 2.37 bits per heavy atom. The van der Waals surface area contributed by atoms with Crippen molar-refractivity contribution in [3.8, 4) is 0 Å². The predicted octanol–water partition coefficient (Wildman–Crippen LogP) is 5.02. The van der Waals surface area contributed by atoms with Gasteiger partial charge in [0.1, 0.15) is 11.3 Å². The highest BCUT2D eigenvalue weighted by molar-refractivity contribution is 5.78. The second kappa shape index (κ2) is 6.35. The number of likely N-dealkylation sites (tertiary alicyclic amines) is 1. The fourth-order valence-electron chi connectivity index (χ4n) is 3.17. The molecule has 1 aromatic carbocycles. The molecule has 0 bridgehead atoms. The number of hydrogen-bond donors (Lipinski definition) is 1. The average Bonchev–Trinajstić information content (AvgIpc) is 3.19. The lowest BCUT2D eigenvalue weighted by Gasteiger charge is -2.33. The highest BCUT2D eigenvalue weighted by Crippen LogP contribution is 2.55. The monoisotopic (exact) mass is 394 g/mol. The predicted molar refractivity (Wildman–Crippen MR) is 83.9 cm³/mol. The van der Waals surface area contributed by atoms with E-state index in [1.54, 1.807) is 30.3 Å². The van der Waals surface area contributed by atoms with Gasteiger partial charge in [-0.3, -0.25) is 0 Å². The van der Waals surface area contributed by atoms with Crippen LogP contribution in [0.5, 0.6) is 0 Å². The molecule has 1 aliphatic rings. The minimum absolute atomic E-state index is 0.349. The van der Waals surface area contributed by atoms with Crippen molar-refractivity contribution in [3.63, 3.8) is 0 Å². The normalized spacial score (nSPS) is 18.7. The molecule has 2 amide bonds. The first-order chi connectivity index (χ1) is 12.4. The van der Waals surface area contributed by atoms with Crippen molar-refractivity contribution in [3.05, 3.63) is 36.1 Å². The minimum atomic E-state index is -5.50. The Labute approximate surface area is 150 Å². The maximum Gasteiger partial charge on any atom is 0.404 e. The van der Waals surface area contributed by atoms with Crippen LogP contribution in [0.25, 0.3) is 11.0 Å². The van der Waals surface area contributed by atoms with Gasteiger partial charge in [0, 0.05) is 18.5 Å². The fourth-order valence-corrected chi connectivity index (χ4v) is 3.17. The molecule has 0 unspecified atom stereocenters. The molecule has 1 aliphatic heterocycles. The van der Waals surface area contributed by atoms with Gasteiger partial charge >= 0.3 is 18.4 Å². The van der Waals surface area contributed by atoms with Gasteiger partial charge in [-0.15, -0.1) is 0 Å². The van der Waals surface area contributed by atoms with E-state index in [0.29, 0.717) is 16.2 Å². The maximum absolute atomic E-state index is 13.1. The van der Waals surface area contributed by atoms with Gasteiger partial charge in [-0.25, -0.2) is 4.79 Å². The number of furan rings is 1. The van der Waals surface area contributed by atoms with Gasteiger partial charge in [-0.1, -0.05) is 18.2 Å². The summed E-state index contributed by atoms with van der Waals surface area (Å²) >= 11 is 0. The number of amides is 2. The summed E-state index contributed by atoms with van der Waals surface area (Å²) in [4.78, 5) is 12.8. The van der Waals surface area contributed by atoms with E-state index in [1.807, 2.05) is 0 Å². The standard InChI is InChI=1S/C17H16F6N2O2/c1-10(13-8-11-4-2-3-5-12(11)27-13)24-14(26)25-7-6-15(9-25,16(18,19)20)17(21,22)23/h2-5,8,10H,6-7,9H2,1H3,(H,24,26)/t10-/m0/s1. The molecule has 1 N–H and O–H groups in total. The zero-order valence-corrected chi connectivity index (χ0v) is 14.1. The van der Waals surface area contributed by atoms with Crippen LogP contribution in [-0.4, -0.2) is 36.4 Å². The summed E-state index contributed by atoms with van der Waals surface area (Å²) in [5.74, 6) is 0.349. The van der Waals surface area contributed by atoms with Crippen molar-refractivity contribution < 1.29 is 35.6 Å². The molecule has 4 nitrogen and oxygen atoms in total. The number of carbonyl (C=O) groups excluding carboxylic acids is 1. The number of urea groups is 1. The number of nitrogens with one attached hydrogen (secondary N) is 1. The molecule has 0 saturated carbocycles. The van der Waals surface area contributed by atoms with E-state index < -0.39 is 49.4 Å². The summed E-state index contributed by atoms with van der Waals surface area (Å²) in [5, 5.41) is 3.16. The van der Waals surface area contributed by atoms with Crippen molar-refractivity contribution >= 4 is 17.0 Å². The first-order valence-electron chi connectivity index (χ1n) is 8.12. The van der Waals surface area contributed by atoms with Gasteiger partial charge in [-0.05, 0) is 25.5 Å². The van der Waals surface area contributed by atoms with Crippen molar-refractivity contribution in [2.45, 2.75) is 31.7 Å². The number of carbonyl (C=O) groups is 1. The third kappa shape index (κ3) is 3.32. The van der Waals surface area contributed by atoms with Crippen LogP contribution in [-0.2, 0) is 0 Å². The summed E-state index contributed by atoms with van der Waals surface area (Å²) in [6.45, 7) is -0.567. The highest BCUT2D eigenvalue weighted by Gasteiger charge is 2.72. The Morgan fingerprint density at radius 1 is 1.19 bits per heavy atom. The van der Waals surface area contributed by atoms with Crippen molar-refractivity contribution in [2.24, 2.45) is 5.41 Å². The summed E-state index contributed by atoms with van der Waals surface area (Å²) in [5.41, 5.74) is -3.34. The van der Waals surface area contributed by atoms with Gasteiger partial charge in [0.15, 0.2) is 5.41 Å². The Kier molecular flexibility index (Phi) is 4.55. The van der Waals surface area contributed by atoms with E-state index in [4.69, 9.17) is 4.42 Å². The second-order valence-corrected chi connectivity index (χ2v) is 6.61. The topological polar surface area (TPSA) is 45.5 Å². The quantitative estimate of drug-likeness (QED) is 0.727. The van der Waals surface area contributed by atoms with E-state index in [2.05, 4.69) is 5.32 Å². The molecular weight excluding hydrogens is 378 g/mol. The van der Waals surface area contributed by atoms with E-state index >= 15 is 0 Å². The number of benzene rings is 1. The zero-order valence-electron chi connectivity index (χ0n) is 14.1. The summed E-state index contributed by atoms with van der Waals surface area (Å²) in [6, 6.07) is 6.93. The van der Waals surface area contributed by atoms with Crippen LogP contribution in [0.4, 0.5) is 31.1 Å². The summed E-state index contributed by atoms with van der Waals surface area (Å²) < 4.78 is 84.2. The van der Waals surface area contributed by atoms with Gasteiger partial charge < -0.3 is 14.6 Å². The molecule has 2 aromatic rings. The van der Waals surface area contributed by atoms with Crippen LogP contribution in [0.3, 0.4) is 0 Å². The number of rotatable bonds is 2. The molecule has 10 heteroatoms. The third-order valence-corrected chi connectivity index (χ3v) is 4.85. The molecule has 0 spiro atoms. The number of nitrogens with zero attached hydrogens (tertiary/aromatic N) is 1. The second-order valence-electron chi connectivity index (χ2n) is 6.61. The lowest BCUT2D eigenvalue weighted by Crippen LogP contribution is -2.53. The average molecular weight is 394 g/mol. The van der Waals surface area contributed by atoms with Crippen LogP contribution >= 0.6 is 0 Å². The number of hydrogen-bond acceptors (Lipinski definition) is 2. The van der Waals surface area contributed by atoms with Gasteiger partial charge in [0.05, 0.1) is 6.04 Å². The first kappa shape index (κ1) is 19.4. The van der Waals surface area contributed by atoms with Gasteiger partial charge in [0.25, 0.3) is 0 Å². The van der Waals surface area contributed by atoms with Gasteiger partial charge in [0.2, 0.25) is 0 Å². The Hall–Kier alpha value is -2.39. The lowest BCUT2D eigenvalue weighted by molar-refractivity contribution is -0.334. The van der Waals surface area contributed by atoms with Crippen LogP contribution < -0.4 is 5.32 Å². The van der Waals surface area contributed by atoms with Crippen LogP contribution in [0.15, 0.2) is 34.7 Å². The van der Waals surface area contributed by atoms with Crippen LogP contribution in [0.2, 0.25) is 0 Å².